The van der Waals surface area contributed by atoms with E-state index < -0.39 is 29.5 Å². The molecule has 2 aliphatic heterocycles. The van der Waals surface area contributed by atoms with Gasteiger partial charge in [-0.1, -0.05) is 6.07 Å². The molecule has 0 radical (unpaired) electrons. The van der Waals surface area contributed by atoms with Crippen LogP contribution in [0.15, 0.2) is 30.5 Å². The summed E-state index contributed by atoms with van der Waals surface area (Å²) < 4.78 is 50.2. The molecule has 2 amide bonds. The van der Waals surface area contributed by atoms with Gasteiger partial charge >= 0.3 is 6.09 Å². The molecule has 2 aromatic rings. The lowest BCUT2D eigenvalue weighted by atomic mass is 10.0. The number of aromatic nitrogens is 1. The highest BCUT2D eigenvalue weighted by molar-refractivity contribution is 5.90. The maximum absolute atomic E-state index is 15.3. The van der Waals surface area contributed by atoms with Crippen LogP contribution in [0, 0.1) is 23.5 Å². The van der Waals surface area contributed by atoms with E-state index in [1.807, 2.05) is 7.05 Å². The zero-order valence-corrected chi connectivity index (χ0v) is 18.1. The van der Waals surface area contributed by atoms with Crippen LogP contribution in [0.1, 0.15) is 12.6 Å². The smallest absolute Gasteiger partial charge is 0.414 e. The summed E-state index contributed by atoms with van der Waals surface area (Å²) in [5.41, 5.74) is -1.13. The number of hydrogen-bond acceptors (Lipinski definition) is 5. The molecule has 174 valence electrons. The summed E-state index contributed by atoms with van der Waals surface area (Å²) >= 11 is 0. The Balaban J connectivity index is 1.34. The first-order valence-corrected chi connectivity index (χ1v) is 10.7. The number of likely N-dealkylation sites (tertiary alicyclic amines) is 1. The first-order valence-electron chi connectivity index (χ1n) is 10.7. The lowest BCUT2D eigenvalue weighted by Crippen LogP contribution is -2.33. The molecule has 33 heavy (non-hydrogen) atoms. The number of pyridine rings is 1. The number of halogens is 3. The minimum atomic E-state index is -1.46. The van der Waals surface area contributed by atoms with Gasteiger partial charge in [0.25, 0.3) is 0 Å². The number of amides is 2. The average molecular weight is 460 g/mol. The Morgan fingerprint density at radius 2 is 1.94 bits per heavy atom. The zero-order valence-electron chi connectivity index (χ0n) is 18.1. The maximum Gasteiger partial charge on any atom is 0.414 e. The molecule has 1 aliphatic carbocycles. The number of cyclic esters (lactones) is 1. The van der Waals surface area contributed by atoms with Crippen molar-refractivity contribution >= 4 is 17.7 Å². The van der Waals surface area contributed by atoms with E-state index in [1.54, 1.807) is 0 Å². The van der Waals surface area contributed by atoms with Gasteiger partial charge in [-0.15, -0.1) is 0 Å². The number of carbonyl (C=O) groups is 2. The van der Waals surface area contributed by atoms with Crippen LogP contribution in [0.3, 0.4) is 0 Å². The first kappa shape index (κ1) is 21.7. The van der Waals surface area contributed by atoms with Crippen molar-refractivity contribution in [2.45, 2.75) is 18.7 Å². The quantitative estimate of drug-likeness (QED) is 0.743. The Labute approximate surface area is 188 Å². The predicted octanol–water partition coefficient (Wildman–Crippen LogP) is 2.84. The molecule has 3 heterocycles. The molecule has 7 nitrogen and oxygen atoms in total. The number of benzene rings is 1. The number of carbonyl (C=O) groups excluding carboxylic acids is 2. The fourth-order valence-electron chi connectivity index (χ4n) is 4.97. The molecular formula is C23H23F3N4O3. The van der Waals surface area contributed by atoms with Gasteiger partial charge in [-0.3, -0.25) is 14.7 Å². The molecule has 1 saturated carbocycles. The molecule has 2 saturated heterocycles. The molecule has 3 atom stereocenters. The summed E-state index contributed by atoms with van der Waals surface area (Å²) in [6.07, 6.45) is -0.147. The van der Waals surface area contributed by atoms with Crippen LogP contribution < -0.4 is 10.2 Å². The second-order valence-corrected chi connectivity index (χ2v) is 8.97. The minimum Gasteiger partial charge on any atom is -0.442 e. The fourth-order valence-corrected chi connectivity index (χ4v) is 4.97. The topological polar surface area (TPSA) is 74.8 Å². The molecule has 5 rings (SSSR count). The average Bonchev–Trinajstić information content (AvgIpc) is 3.10. The molecule has 1 N–H and O–H groups in total. The van der Waals surface area contributed by atoms with E-state index in [9.17, 15) is 18.4 Å². The first-order chi connectivity index (χ1) is 15.7. The largest absolute Gasteiger partial charge is 0.442 e. The molecule has 3 aliphatic rings. The van der Waals surface area contributed by atoms with E-state index >= 15 is 4.39 Å². The summed E-state index contributed by atoms with van der Waals surface area (Å²) in [5, 5.41) is 2.52. The van der Waals surface area contributed by atoms with Crippen LogP contribution >= 0.6 is 0 Å². The third kappa shape index (κ3) is 3.62. The van der Waals surface area contributed by atoms with Crippen molar-refractivity contribution in [2.24, 2.45) is 11.8 Å². The molecular weight excluding hydrogens is 437 g/mol. The highest BCUT2D eigenvalue weighted by Crippen LogP contribution is 2.63. The summed E-state index contributed by atoms with van der Waals surface area (Å²) in [5.74, 6) is -2.01. The third-order valence-electron chi connectivity index (χ3n) is 6.72. The Morgan fingerprint density at radius 3 is 2.58 bits per heavy atom. The number of rotatable bonds is 5. The highest BCUT2D eigenvalue weighted by Gasteiger charge is 2.70. The van der Waals surface area contributed by atoms with Crippen molar-refractivity contribution in [3.05, 3.63) is 47.8 Å². The van der Waals surface area contributed by atoms with Gasteiger partial charge in [-0.2, -0.15) is 0 Å². The number of fused-ring (bicyclic) bond motifs is 1. The Morgan fingerprint density at radius 1 is 1.21 bits per heavy atom. The Kier molecular flexibility index (Phi) is 5.08. The van der Waals surface area contributed by atoms with Gasteiger partial charge in [-0.05, 0) is 19.2 Å². The summed E-state index contributed by atoms with van der Waals surface area (Å²) in [4.78, 5) is 30.5. The zero-order chi connectivity index (χ0) is 23.5. The SMILES string of the molecule is CC(=O)NCC1CN(c2cc(F)c(-c3ccc(C4(F)C5CN(C)CC54)nc3)cc2F)C(=O)O1. The minimum absolute atomic E-state index is 0.0266. The van der Waals surface area contributed by atoms with Crippen LogP contribution in [0.2, 0.25) is 0 Å². The van der Waals surface area contributed by atoms with Crippen molar-refractivity contribution in [3.63, 3.8) is 0 Å². The number of nitrogens with one attached hydrogen (secondary N) is 1. The van der Waals surface area contributed by atoms with E-state index in [-0.39, 0.29) is 42.1 Å². The molecule has 0 spiro atoms. The van der Waals surface area contributed by atoms with Crippen molar-refractivity contribution in [3.8, 4) is 11.1 Å². The molecule has 1 aromatic heterocycles. The number of hydrogen-bond donors (Lipinski definition) is 1. The Bertz CT molecular complexity index is 1110. The number of anilines is 1. The number of alkyl halides is 1. The van der Waals surface area contributed by atoms with E-state index in [2.05, 4.69) is 15.2 Å². The van der Waals surface area contributed by atoms with Crippen molar-refractivity contribution in [1.82, 2.24) is 15.2 Å². The maximum atomic E-state index is 15.3. The third-order valence-corrected chi connectivity index (χ3v) is 6.72. The Hall–Kier alpha value is -3.14. The van der Waals surface area contributed by atoms with Gasteiger partial charge in [0, 0.05) is 55.2 Å². The summed E-state index contributed by atoms with van der Waals surface area (Å²) in [7, 11) is 1.95. The highest BCUT2D eigenvalue weighted by atomic mass is 19.1. The van der Waals surface area contributed by atoms with Crippen LogP contribution in [-0.4, -0.2) is 61.2 Å². The van der Waals surface area contributed by atoms with Gasteiger partial charge in [0.15, 0.2) is 5.67 Å². The molecule has 0 bridgehead atoms. The molecule has 1 aromatic carbocycles. The monoisotopic (exact) mass is 460 g/mol. The summed E-state index contributed by atoms with van der Waals surface area (Å²) in [6, 6.07) is 4.98. The second-order valence-electron chi connectivity index (χ2n) is 8.97. The van der Waals surface area contributed by atoms with Crippen molar-refractivity contribution in [1.29, 1.82) is 0 Å². The van der Waals surface area contributed by atoms with E-state index in [4.69, 9.17) is 4.74 Å². The normalized spacial score (nSPS) is 28.6. The van der Waals surface area contributed by atoms with Gasteiger partial charge < -0.3 is 15.0 Å². The van der Waals surface area contributed by atoms with Crippen LogP contribution in [0.4, 0.5) is 23.7 Å². The van der Waals surface area contributed by atoms with Crippen LogP contribution in [-0.2, 0) is 15.2 Å². The fraction of sp³-hybridized carbons (Fsp3) is 0.435. The lowest BCUT2D eigenvalue weighted by Gasteiger charge is -2.18. The number of ether oxygens (including phenoxy) is 1. The molecule has 10 heteroatoms. The summed E-state index contributed by atoms with van der Waals surface area (Å²) in [6.45, 7) is 2.73. The van der Waals surface area contributed by atoms with E-state index in [0.29, 0.717) is 24.3 Å². The van der Waals surface area contributed by atoms with Gasteiger partial charge in [0.05, 0.1) is 24.5 Å². The van der Waals surface area contributed by atoms with Crippen molar-refractivity contribution < 1.29 is 27.5 Å². The van der Waals surface area contributed by atoms with Gasteiger partial charge in [0.2, 0.25) is 5.91 Å². The van der Waals surface area contributed by atoms with Crippen molar-refractivity contribution in [2.75, 3.05) is 38.1 Å². The van der Waals surface area contributed by atoms with E-state index in [0.717, 1.165) is 17.0 Å². The molecule has 3 fully saturated rings. The predicted molar refractivity (Wildman–Crippen MR) is 113 cm³/mol. The number of nitrogens with zero attached hydrogens (tertiary/aromatic N) is 3. The van der Waals surface area contributed by atoms with Gasteiger partial charge in [0.1, 0.15) is 17.7 Å². The van der Waals surface area contributed by atoms with E-state index in [1.165, 1.54) is 25.3 Å². The second kappa shape index (κ2) is 7.72. The van der Waals surface area contributed by atoms with Gasteiger partial charge in [-0.25, -0.2) is 18.0 Å². The van der Waals surface area contributed by atoms with Crippen LogP contribution in [0.5, 0.6) is 0 Å². The lowest BCUT2D eigenvalue weighted by molar-refractivity contribution is -0.119. The molecule has 3 unspecified atom stereocenters. The number of piperidine rings is 1. The van der Waals surface area contributed by atoms with Crippen LogP contribution in [0.25, 0.3) is 11.1 Å². The standard InChI is InChI=1S/C23H23F3N4O3/c1-12(31)27-8-14-9-30(22(32)33-14)20-6-18(24)15(5-19(20)25)13-3-4-21(28-7-13)23(26)16-10-29(2)11-17(16)23/h3-7,14,16-17H,8-11H2,1-2H3,(H,27,31).